The van der Waals surface area contributed by atoms with Gasteiger partial charge >= 0.3 is 41.8 Å². The molecule has 2 aromatic rings. The standard InChI is InChI=1S/C50H72N8O16/c59-39(32-54-23-25-55(33-44(63)64)27-29-57(35-46(67)68)30-28-56(26-24-54)34-45(65)66)18-15-36-13-16-38(17-14-36)47(69)51-21-7-2-5-12-42(60)58(31-37-9-3-1-4-10-37)22-8-6-11-40(48(70)71)52-50(74)53-41(49(72)73)19-20-43(61)62/h1,3-4,9-10,13-14,16-17,40-41H,2,5-8,11-12,15,18-35H2,(H,51,69)(H,61,62)(H,63,64)(H,65,66)(H,67,68)(H,70,71)(H,72,73)(H2,52,53,74)/t40-,41-/m0/s1. The van der Waals surface area contributed by atoms with E-state index in [1.165, 1.54) is 0 Å². The van der Waals surface area contributed by atoms with E-state index in [0.29, 0.717) is 89.9 Å². The van der Waals surface area contributed by atoms with Crippen LogP contribution in [-0.4, -0.2) is 218 Å². The number of hydrogen-bond acceptors (Lipinski definition) is 14. The van der Waals surface area contributed by atoms with Crippen molar-refractivity contribution in [2.45, 2.75) is 89.3 Å². The number of unbranched alkanes of at least 4 members (excludes halogenated alkanes) is 3. The Hall–Kier alpha value is -7.02. The topological polar surface area (TPSA) is 344 Å². The molecule has 0 aliphatic carbocycles. The highest BCUT2D eigenvalue weighted by atomic mass is 16.4. The van der Waals surface area contributed by atoms with Crippen LogP contribution >= 0.6 is 0 Å². The van der Waals surface area contributed by atoms with Crippen LogP contribution in [0.15, 0.2) is 54.6 Å². The highest BCUT2D eigenvalue weighted by molar-refractivity contribution is 5.94. The molecule has 24 nitrogen and oxygen atoms in total. The lowest BCUT2D eigenvalue weighted by Crippen LogP contribution is -2.51. The van der Waals surface area contributed by atoms with Gasteiger partial charge < -0.3 is 51.5 Å². The number of hydrogen-bond donors (Lipinski definition) is 9. The molecule has 0 spiro atoms. The number of benzene rings is 2. The predicted octanol–water partition coefficient (Wildman–Crippen LogP) is 1.22. The third kappa shape index (κ3) is 26.1. The van der Waals surface area contributed by atoms with E-state index >= 15 is 0 Å². The SMILES string of the molecule is O=C(O)CC[C@H](NC(=O)N[C@@H](CCCCN(Cc1ccccc1)C(=O)CCCCCNC(=O)c1ccc(CCC(=O)CN2CCN(CC(=O)O)CCN(CC(=O)O)CCN(CC(=O)O)CC2)cc1)C(=O)O)C(=O)O. The lowest BCUT2D eigenvalue weighted by Gasteiger charge is -2.32. The Balaban J connectivity index is 1.44. The van der Waals surface area contributed by atoms with Gasteiger partial charge in [0.2, 0.25) is 5.91 Å². The number of aliphatic carboxylic acids is 6. The number of Topliss-reactive ketones (excluding diaryl/α,β-unsaturated/α-hetero) is 1. The first-order chi connectivity index (χ1) is 35.3. The molecule has 3 rings (SSSR count). The summed E-state index contributed by atoms with van der Waals surface area (Å²) in [5.74, 6) is -7.63. The van der Waals surface area contributed by atoms with Gasteiger partial charge in [0.1, 0.15) is 17.9 Å². The van der Waals surface area contributed by atoms with Crippen molar-refractivity contribution in [3.05, 3.63) is 71.3 Å². The lowest BCUT2D eigenvalue weighted by atomic mass is 10.0. The number of carboxylic acids is 6. The van der Waals surface area contributed by atoms with E-state index in [4.69, 9.17) is 5.11 Å². The Bertz CT molecular complexity index is 2130. The van der Waals surface area contributed by atoms with Crippen LogP contribution in [0.2, 0.25) is 0 Å². The van der Waals surface area contributed by atoms with Gasteiger partial charge in [-0.15, -0.1) is 0 Å². The summed E-state index contributed by atoms with van der Waals surface area (Å²) < 4.78 is 0. The van der Waals surface area contributed by atoms with E-state index in [9.17, 15) is 73.5 Å². The molecule has 1 saturated heterocycles. The molecule has 0 bridgehead atoms. The Morgan fingerprint density at radius 3 is 1.49 bits per heavy atom. The van der Waals surface area contributed by atoms with Crippen LogP contribution in [0.1, 0.15) is 85.7 Å². The molecule has 4 amide bonds. The molecule has 408 valence electrons. The van der Waals surface area contributed by atoms with Gasteiger partial charge in [0.25, 0.3) is 5.91 Å². The Morgan fingerprint density at radius 2 is 1.00 bits per heavy atom. The number of carbonyl (C=O) groups is 10. The fraction of sp³-hybridized carbons (Fsp3) is 0.560. The number of ketones is 1. The first kappa shape index (κ1) is 61.3. The Kier molecular flexibility index (Phi) is 27.9. The van der Waals surface area contributed by atoms with Crippen molar-refractivity contribution < 1.29 is 78.6 Å². The van der Waals surface area contributed by atoms with Crippen LogP contribution in [0, 0.1) is 0 Å². The van der Waals surface area contributed by atoms with E-state index in [0.717, 1.165) is 11.1 Å². The summed E-state index contributed by atoms with van der Waals surface area (Å²) in [6.45, 7) is 2.63. The number of rotatable bonds is 32. The summed E-state index contributed by atoms with van der Waals surface area (Å²) in [6, 6.07) is 12.3. The number of nitrogens with one attached hydrogen (secondary N) is 3. The molecule has 24 heteroatoms. The molecule has 9 N–H and O–H groups in total. The summed E-state index contributed by atoms with van der Waals surface area (Å²) in [5, 5.41) is 63.4. The van der Waals surface area contributed by atoms with Crippen molar-refractivity contribution in [1.29, 1.82) is 0 Å². The molecule has 1 aliphatic rings. The van der Waals surface area contributed by atoms with Crippen LogP contribution in [0.4, 0.5) is 4.79 Å². The van der Waals surface area contributed by atoms with Gasteiger partial charge in [-0.05, 0) is 68.2 Å². The highest BCUT2D eigenvalue weighted by Gasteiger charge is 2.26. The monoisotopic (exact) mass is 1040 g/mol. The Labute approximate surface area is 429 Å². The van der Waals surface area contributed by atoms with Gasteiger partial charge in [0, 0.05) is 96.8 Å². The molecule has 0 aromatic heterocycles. The quantitative estimate of drug-likeness (QED) is 0.0465. The molecule has 0 unspecified atom stereocenters. The first-order valence-corrected chi connectivity index (χ1v) is 24.8. The van der Waals surface area contributed by atoms with Crippen molar-refractivity contribution in [3.8, 4) is 0 Å². The lowest BCUT2D eigenvalue weighted by molar-refractivity contribution is -0.141. The molecule has 1 aliphatic heterocycles. The van der Waals surface area contributed by atoms with Crippen LogP contribution in [0.25, 0.3) is 0 Å². The highest BCUT2D eigenvalue weighted by Crippen LogP contribution is 2.14. The third-order valence-corrected chi connectivity index (χ3v) is 12.3. The Morgan fingerprint density at radius 1 is 0.500 bits per heavy atom. The minimum atomic E-state index is -1.53. The van der Waals surface area contributed by atoms with Crippen LogP contribution in [-0.2, 0) is 51.3 Å². The van der Waals surface area contributed by atoms with Gasteiger partial charge in [-0.1, -0.05) is 48.9 Å². The van der Waals surface area contributed by atoms with E-state index in [1.807, 2.05) is 35.2 Å². The number of aryl methyl sites for hydroxylation is 1. The average Bonchev–Trinajstić information content (AvgIpc) is 3.34. The first-order valence-electron chi connectivity index (χ1n) is 24.8. The maximum atomic E-state index is 13.4. The van der Waals surface area contributed by atoms with Gasteiger partial charge in [-0.2, -0.15) is 0 Å². The predicted molar refractivity (Wildman–Crippen MR) is 266 cm³/mol. The summed E-state index contributed by atoms with van der Waals surface area (Å²) in [6.07, 6.45) is 2.45. The van der Waals surface area contributed by atoms with Crippen molar-refractivity contribution in [2.24, 2.45) is 0 Å². The second kappa shape index (κ2) is 33.7. The summed E-state index contributed by atoms with van der Waals surface area (Å²) in [5.41, 5.74) is 2.17. The van der Waals surface area contributed by atoms with Gasteiger partial charge in [0.15, 0.2) is 0 Å². The number of urea groups is 1. The fourth-order valence-electron chi connectivity index (χ4n) is 8.15. The van der Waals surface area contributed by atoms with Crippen LogP contribution in [0.5, 0.6) is 0 Å². The molecular formula is C50H72N8O16. The largest absolute Gasteiger partial charge is 0.481 e. The van der Waals surface area contributed by atoms with E-state index in [-0.39, 0.29) is 95.6 Å². The number of amides is 4. The molecule has 0 saturated carbocycles. The van der Waals surface area contributed by atoms with Crippen molar-refractivity contribution in [3.63, 3.8) is 0 Å². The second-order valence-electron chi connectivity index (χ2n) is 18.2. The maximum Gasteiger partial charge on any atom is 0.326 e. The van der Waals surface area contributed by atoms with E-state index in [2.05, 4.69) is 16.0 Å². The zero-order valence-electron chi connectivity index (χ0n) is 41.7. The molecule has 2 atom stereocenters. The summed E-state index contributed by atoms with van der Waals surface area (Å²) in [4.78, 5) is 130. The maximum absolute atomic E-state index is 13.4. The zero-order chi connectivity index (χ0) is 54.4. The van der Waals surface area contributed by atoms with Crippen LogP contribution < -0.4 is 16.0 Å². The number of carbonyl (C=O) groups excluding carboxylic acids is 4. The summed E-state index contributed by atoms with van der Waals surface area (Å²) in [7, 11) is 0. The molecule has 2 aromatic carbocycles. The van der Waals surface area contributed by atoms with Crippen molar-refractivity contribution in [1.82, 2.24) is 40.4 Å². The second-order valence-corrected chi connectivity index (χ2v) is 18.2. The molecule has 1 fully saturated rings. The average molecular weight is 1040 g/mol. The van der Waals surface area contributed by atoms with Crippen LogP contribution in [0.3, 0.4) is 0 Å². The minimum Gasteiger partial charge on any atom is -0.481 e. The van der Waals surface area contributed by atoms with Gasteiger partial charge in [-0.25, -0.2) is 14.4 Å². The summed E-state index contributed by atoms with van der Waals surface area (Å²) >= 11 is 0. The third-order valence-electron chi connectivity index (χ3n) is 12.3. The van der Waals surface area contributed by atoms with Gasteiger partial charge in [0.05, 0.1) is 26.2 Å². The molecule has 0 radical (unpaired) electrons. The van der Waals surface area contributed by atoms with Crippen molar-refractivity contribution >= 4 is 59.4 Å². The molecule has 74 heavy (non-hydrogen) atoms. The van der Waals surface area contributed by atoms with E-state index in [1.54, 1.807) is 43.9 Å². The number of carboxylic acid groups (broad SMARTS) is 6. The van der Waals surface area contributed by atoms with Crippen molar-refractivity contribution in [2.75, 3.05) is 91.6 Å². The van der Waals surface area contributed by atoms with Gasteiger partial charge in [-0.3, -0.25) is 53.2 Å². The number of nitrogens with zero attached hydrogens (tertiary/aromatic N) is 5. The molecule has 1 heterocycles. The molecular weight excluding hydrogens is 969 g/mol. The fourth-order valence-corrected chi connectivity index (χ4v) is 8.15. The zero-order valence-corrected chi connectivity index (χ0v) is 41.7. The normalized spacial score (nSPS) is 15.0. The minimum absolute atomic E-state index is 0.0122. The van der Waals surface area contributed by atoms with E-state index < -0.39 is 60.4 Å². The smallest absolute Gasteiger partial charge is 0.326 e.